The normalized spacial score (nSPS) is 17.0. The van der Waals surface area contributed by atoms with Gasteiger partial charge in [0.05, 0.1) is 18.7 Å². The lowest BCUT2D eigenvalue weighted by Gasteiger charge is -2.10. The summed E-state index contributed by atoms with van der Waals surface area (Å²) in [5.74, 6) is -1.40. The number of benzene rings is 6. The Balaban J connectivity index is 0.000000116. The number of nitriles is 1. The maximum Gasteiger partial charge on any atom is 0.164 e. The van der Waals surface area contributed by atoms with E-state index in [9.17, 15) is 27.6 Å². The average Bonchev–Trinajstić information content (AvgIpc) is 4.18. The number of halogens is 5. The quantitative estimate of drug-likeness (QED) is 0.162. The summed E-state index contributed by atoms with van der Waals surface area (Å²) < 4.78 is 45.6. The number of hydrogen-bond acceptors (Lipinski definition) is 5. The van der Waals surface area contributed by atoms with E-state index in [1.807, 2.05) is 42.7 Å². The van der Waals surface area contributed by atoms with Gasteiger partial charge in [-0.1, -0.05) is 29.3 Å². The molecular formula is C53H35Cl2F3N4O4. The molecule has 0 radical (unpaired) electrons. The third-order valence-corrected chi connectivity index (χ3v) is 13.4. The molecule has 12 rings (SSSR count). The summed E-state index contributed by atoms with van der Waals surface area (Å²) in [5, 5.41) is 12.8. The van der Waals surface area contributed by atoms with E-state index < -0.39 is 11.6 Å². The predicted octanol–water partition coefficient (Wildman–Crippen LogP) is 13.3. The number of nitrogens with one attached hydrogen (secondary N) is 3. The number of carbonyl (C=O) groups excluding carboxylic acids is 3. The standard InChI is InChI=1S/C18H11ClN2O.C18H13F2NO2.C17H11ClFNO/c19-11-2-3-12-13(6-11)14(7-18(12)22)16-9-21-17-4-1-10(8-20)5-15(16)17;1-23-9-2-3-10-11(6-18(22)13(10)4-9)14-8-21-17-7-16(20)15(19)5-12(14)17;18-9-1-3-11-12(5-9)13(7-17(11)21)15-8-20-16-4-2-10(19)6-14(15)16/h1-6,9,14,21H,7H2;2-5,7-8,11,21H,6H2,1H3;1-6,8,13,20H,7H2. The second kappa shape index (κ2) is 16.9. The highest BCUT2D eigenvalue weighted by Gasteiger charge is 2.35. The molecular weight excluding hydrogens is 885 g/mol. The summed E-state index contributed by atoms with van der Waals surface area (Å²) >= 11 is 12.2. The molecule has 0 amide bonds. The van der Waals surface area contributed by atoms with Gasteiger partial charge in [-0.15, -0.1) is 0 Å². The first-order valence-electron chi connectivity index (χ1n) is 21.0. The van der Waals surface area contributed by atoms with E-state index in [1.54, 1.807) is 61.8 Å². The maximum absolute atomic E-state index is 13.6. The molecule has 3 unspecified atom stereocenters. The number of Topliss-reactive ketones (excluding diaryl/α,β-unsaturated/α-hetero) is 3. The molecule has 3 aliphatic rings. The van der Waals surface area contributed by atoms with Gasteiger partial charge in [0, 0.05) is 121 Å². The number of ether oxygens (including phenoxy) is 1. The van der Waals surface area contributed by atoms with Gasteiger partial charge >= 0.3 is 0 Å². The Morgan fingerprint density at radius 3 is 1.61 bits per heavy atom. The van der Waals surface area contributed by atoms with Gasteiger partial charge in [0.1, 0.15) is 11.6 Å². The molecule has 3 N–H and O–H groups in total. The van der Waals surface area contributed by atoms with Crippen LogP contribution in [0.25, 0.3) is 32.7 Å². The Labute approximate surface area is 384 Å². The van der Waals surface area contributed by atoms with Crippen LogP contribution in [0.15, 0.2) is 122 Å². The summed E-state index contributed by atoms with van der Waals surface area (Å²) in [6, 6.07) is 30.8. The van der Waals surface area contributed by atoms with Crippen LogP contribution in [-0.2, 0) is 0 Å². The number of H-pyrrole nitrogens is 3. The minimum absolute atomic E-state index is 0.0103. The maximum atomic E-state index is 13.6. The molecule has 0 bridgehead atoms. The van der Waals surface area contributed by atoms with Crippen molar-refractivity contribution in [3.8, 4) is 11.8 Å². The molecule has 0 saturated carbocycles. The minimum Gasteiger partial charge on any atom is -0.497 e. The number of ketones is 3. The van der Waals surface area contributed by atoms with Crippen LogP contribution in [0.1, 0.15) is 107 Å². The largest absolute Gasteiger partial charge is 0.497 e. The molecule has 3 aromatic heterocycles. The number of aromatic amines is 3. The summed E-state index contributed by atoms with van der Waals surface area (Å²) in [6.07, 6.45) is 6.67. The number of methoxy groups -OCH3 is 1. The van der Waals surface area contributed by atoms with Crippen LogP contribution in [0.4, 0.5) is 13.2 Å². The van der Waals surface area contributed by atoms with Gasteiger partial charge in [-0.2, -0.15) is 5.26 Å². The molecule has 0 aliphatic heterocycles. The van der Waals surface area contributed by atoms with Crippen LogP contribution < -0.4 is 4.74 Å². The average molecular weight is 920 g/mol. The first kappa shape index (κ1) is 42.6. The minimum atomic E-state index is -0.891. The summed E-state index contributed by atoms with van der Waals surface area (Å²) in [5.41, 5.74) is 10.7. The van der Waals surface area contributed by atoms with Crippen molar-refractivity contribution < 1.29 is 32.3 Å². The van der Waals surface area contributed by atoms with E-state index in [0.717, 1.165) is 72.4 Å². The highest BCUT2D eigenvalue weighted by atomic mass is 35.5. The molecule has 6 aromatic carbocycles. The Hall–Kier alpha value is -7.39. The summed E-state index contributed by atoms with van der Waals surface area (Å²) in [7, 11) is 1.55. The smallest absolute Gasteiger partial charge is 0.164 e. The van der Waals surface area contributed by atoms with Crippen molar-refractivity contribution >= 4 is 73.3 Å². The van der Waals surface area contributed by atoms with Gasteiger partial charge < -0.3 is 19.7 Å². The lowest BCUT2D eigenvalue weighted by molar-refractivity contribution is 0.0983. The Morgan fingerprint density at radius 1 is 0.530 bits per heavy atom. The highest BCUT2D eigenvalue weighted by Crippen LogP contribution is 2.45. The molecule has 3 aliphatic carbocycles. The van der Waals surface area contributed by atoms with Crippen molar-refractivity contribution in [3.63, 3.8) is 0 Å². The van der Waals surface area contributed by atoms with Crippen molar-refractivity contribution in [2.24, 2.45) is 0 Å². The molecule has 8 nitrogen and oxygen atoms in total. The van der Waals surface area contributed by atoms with Gasteiger partial charge in [-0.25, -0.2) is 13.2 Å². The highest BCUT2D eigenvalue weighted by molar-refractivity contribution is 6.31. The van der Waals surface area contributed by atoms with Crippen LogP contribution >= 0.6 is 23.2 Å². The van der Waals surface area contributed by atoms with Crippen molar-refractivity contribution in [3.05, 3.63) is 205 Å². The topological polar surface area (TPSA) is 132 Å². The molecule has 66 heavy (non-hydrogen) atoms. The molecule has 3 atom stereocenters. The van der Waals surface area contributed by atoms with E-state index >= 15 is 0 Å². The van der Waals surface area contributed by atoms with Crippen molar-refractivity contribution in [1.82, 2.24) is 15.0 Å². The molecule has 9 aromatic rings. The number of aromatic nitrogens is 3. The number of rotatable bonds is 4. The molecule has 13 heteroatoms. The zero-order chi connectivity index (χ0) is 46.0. The van der Waals surface area contributed by atoms with Crippen molar-refractivity contribution in [1.29, 1.82) is 5.26 Å². The molecule has 0 spiro atoms. The van der Waals surface area contributed by atoms with E-state index in [0.29, 0.717) is 57.1 Å². The lowest BCUT2D eigenvalue weighted by Crippen LogP contribution is -1.96. The number of carbonyl (C=O) groups is 3. The first-order valence-corrected chi connectivity index (χ1v) is 21.7. The number of hydrogen-bond donors (Lipinski definition) is 3. The van der Waals surface area contributed by atoms with Gasteiger partial charge in [0.15, 0.2) is 29.0 Å². The van der Waals surface area contributed by atoms with Crippen molar-refractivity contribution in [2.45, 2.75) is 37.0 Å². The Bertz CT molecular complexity index is 3530. The van der Waals surface area contributed by atoms with Crippen LogP contribution in [0.5, 0.6) is 5.75 Å². The SMILES string of the molecule is COc1ccc2c(c1)C(=O)CC2c1c[nH]c2cc(F)c(F)cc12.N#Cc1ccc2[nH]cc(C3CC(=O)c4ccc(Cl)cc43)c2c1.O=C1CC(c2c[nH]c3ccc(F)cc23)c2cc(Cl)ccc21. The molecule has 0 fully saturated rings. The third-order valence-electron chi connectivity index (χ3n) is 12.9. The predicted molar refractivity (Wildman–Crippen MR) is 248 cm³/mol. The molecule has 3 heterocycles. The zero-order valence-corrected chi connectivity index (χ0v) is 36.4. The first-order chi connectivity index (χ1) is 31.9. The number of fused-ring (bicyclic) bond motifs is 6. The van der Waals surface area contributed by atoms with Gasteiger partial charge in [-0.05, 0) is 124 Å². The van der Waals surface area contributed by atoms with Gasteiger partial charge in [0.25, 0.3) is 0 Å². The monoisotopic (exact) mass is 918 g/mol. The second-order valence-electron chi connectivity index (χ2n) is 16.6. The van der Waals surface area contributed by atoms with Crippen molar-refractivity contribution in [2.75, 3.05) is 7.11 Å². The molecule has 326 valence electrons. The number of nitrogens with zero attached hydrogens (tertiary/aromatic N) is 1. The van der Waals surface area contributed by atoms with Crippen LogP contribution in [0, 0.1) is 28.8 Å². The van der Waals surface area contributed by atoms with E-state index in [1.165, 1.54) is 18.2 Å². The van der Waals surface area contributed by atoms with Gasteiger partial charge in [-0.3, -0.25) is 14.4 Å². The lowest BCUT2D eigenvalue weighted by atomic mass is 9.92. The fraction of sp³-hybridized carbons (Fsp3) is 0.132. The Morgan fingerprint density at radius 2 is 1.03 bits per heavy atom. The van der Waals surface area contributed by atoms with E-state index in [2.05, 4.69) is 21.0 Å². The van der Waals surface area contributed by atoms with Crippen LogP contribution in [-0.4, -0.2) is 39.4 Å². The molecule has 0 saturated heterocycles. The fourth-order valence-electron chi connectivity index (χ4n) is 9.74. The second-order valence-corrected chi connectivity index (χ2v) is 17.4. The van der Waals surface area contributed by atoms with Crippen LogP contribution in [0.3, 0.4) is 0 Å². The fourth-order valence-corrected chi connectivity index (χ4v) is 10.1. The summed E-state index contributed by atoms with van der Waals surface area (Å²) in [4.78, 5) is 46.0. The third kappa shape index (κ3) is 7.52. The van der Waals surface area contributed by atoms with E-state index in [4.69, 9.17) is 33.2 Å². The van der Waals surface area contributed by atoms with Crippen LogP contribution in [0.2, 0.25) is 10.0 Å². The Kier molecular flexibility index (Phi) is 10.9. The zero-order valence-electron chi connectivity index (χ0n) is 34.9. The summed E-state index contributed by atoms with van der Waals surface area (Å²) in [6.45, 7) is 0. The van der Waals surface area contributed by atoms with E-state index in [-0.39, 0.29) is 40.9 Å². The van der Waals surface area contributed by atoms with Gasteiger partial charge in [0.2, 0.25) is 0 Å².